The minimum Gasteiger partial charge on any atom is -0.385 e. The summed E-state index contributed by atoms with van der Waals surface area (Å²) in [6, 6.07) is 6.88. The number of hydrogen-bond donors (Lipinski definition) is 2. The third-order valence-corrected chi connectivity index (χ3v) is 4.26. The number of rotatable bonds is 7. The lowest BCUT2D eigenvalue weighted by molar-refractivity contribution is 0.550. The number of sulfonamides is 1. The molecular weight excluding hydrogens is 248 g/mol. The maximum atomic E-state index is 11.7. The summed E-state index contributed by atoms with van der Waals surface area (Å²) in [5.74, 6) is 0.583. The van der Waals surface area contributed by atoms with Crippen LogP contribution < -0.4 is 10.0 Å². The van der Waals surface area contributed by atoms with Gasteiger partial charge in [0.1, 0.15) is 0 Å². The quantitative estimate of drug-likeness (QED) is 0.800. The fraction of sp³-hybridized carbons (Fsp3) is 0.538. The van der Waals surface area contributed by atoms with Crippen LogP contribution in [0.5, 0.6) is 0 Å². The predicted octanol–water partition coefficient (Wildman–Crippen LogP) is 2.44. The van der Waals surface area contributed by atoms with Gasteiger partial charge in [-0.2, -0.15) is 0 Å². The van der Waals surface area contributed by atoms with E-state index in [1.165, 1.54) is 13.5 Å². The van der Waals surface area contributed by atoms with E-state index in [2.05, 4.69) is 23.9 Å². The summed E-state index contributed by atoms with van der Waals surface area (Å²) in [6.45, 7) is 5.21. The molecule has 1 atom stereocenters. The summed E-state index contributed by atoms with van der Waals surface area (Å²) < 4.78 is 25.6. The number of hydrogen-bond acceptors (Lipinski definition) is 3. The summed E-state index contributed by atoms with van der Waals surface area (Å²) >= 11 is 0. The lowest BCUT2D eigenvalue weighted by Gasteiger charge is -2.13. The molecule has 5 heteroatoms. The van der Waals surface area contributed by atoms with Crippen LogP contribution in [0.4, 0.5) is 5.69 Å². The standard InChI is InChI=1S/C13H22N2O2S/c1-4-6-11(2)10-15-12-7-5-8-13(9-12)18(16,17)14-3/h5,7-9,11,14-15H,4,6,10H2,1-3H3. The van der Waals surface area contributed by atoms with Crippen molar-refractivity contribution >= 4 is 15.7 Å². The highest BCUT2D eigenvalue weighted by molar-refractivity contribution is 7.89. The van der Waals surface area contributed by atoms with E-state index in [4.69, 9.17) is 0 Å². The van der Waals surface area contributed by atoms with Gasteiger partial charge in [-0.15, -0.1) is 0 Å². The molecule has 0 radical (unpaired) electrons. The third kappa shape index (κ3) is 4.31. The second kappa shape index (κ2) is 6.75. The molecule has 1 rings (SSSR count). The first-order valence-corrected chi connectivity index (χ1v) is 7.75. The van der Waals surface area contributed by atoms with Crippen molar-refractivity contribution in [2.75, 3.05) is 18.9 Å². The smallest absolute Gasteiger partial charge is 0.240 e. The van der Waals surface area contributed by atoms with Gasteiger partial charge in [-0.25, -0.2) is 13.1 Å². The minimum atomic E-state index is -3.36. The van der Waals surface area contributed by atoms with Gasteiger partial charge in [-0.1, -0.05) is 26.3 Å². The van der Waals surface area contributed by atoms with Crippen LogP contribution in [-0.2, 0) is 10.0 Å². The maximum absolute atomic E-state index is 11.7. The van der Waals surface area contributed by atoms with Gasteiger partial charge < -0.3 is 5.32 Å². The normalized spacial score (nSPS) is 13.3. The van der Waals surface area contributed by atoms with Gasteiger partial charge in [0.25, 0.3) is 0 Å². The molecule has 18 heavy (non-hydrogen) atoms. The lowest BCUT2D eigenvalue weighted by Crippen LogP contribution is -2.19. The van der Waals surface area contributed by atoms with Crippen LogP contribution in [-0.4, -0.2) is 22.0 Å². The first kappa shape index (κ1) is 15.0. The van der Waals surface area contributed by atoms with E-state index in [0.29, 0.717) is 5.92 Å². The first-order chi connectivity index (χ1) is 8.49. The molecule has 1 aromatic rings. The van der Waals surface area contributed by atoms with Crippen molar-refractivity contribution in [3.63, 3.8) is 0 Å². The van der Waals surface area contributed by atoms with E-state index in [1.807, 2.05) is 6.07 Å². The molecule has 0 saturated heterocycles. The van der Waals surface area contributed by atoms with E-state index in [0.717, 1.165) is 18.7 Å². The van der Waals surface area contributed by atoms with Gasteiger partial charge in [0, 0.05) is 12.2 Å². The molecule has 0 saturated carbocycles. The van der Waals surface area contributed by atoms with E-state index in [-0.39, 0.29) is 4.90 Å². The molecule has 2 N–H and O–H groups in total. The monoisotopic (exact) mass is 270 g/mol. The van der Waals surface area contributed by atoms with Gasteiger partial charge in [0.2, 0.25) is 10.0 Å². The average molecular weight is 270 g/mol. The fourth-order valence-electron chi connectivity index (χ4n) is 1.78. The van der Waals surface area contributed by atoms with Gasteiger partial charge in [-0.05, 0) is 37.6 Å². The number of nitrogens with one attached hydrogen (secondary N) is 2. The van der Waals surface area contributed by atoms with E-state index in [9.17, 15) is 8.42 Å². The zero-order valence-corrected chi connectivity index (χ0v) is 12.0. The molecule has 1 unspecified atom stereocenters. The van der Waals surface area contributed by atoms with Crippen molar-refractivity contribution in [1.82, 2.24) is 4.72 Å². The Kier molecular flexibility index (Phi) is 5.62. The topological polar surface area (TPSA) is 58.2 Å². The summed E-state index contributed by atoms with van der Waals surface area (Å²) in [5.41, 5.74) is 0.842. The van der Waals surface area contributed by atoms with Crippen molar-refractivity contribution in [1.29, 1.82) is 0 Å². The van der Waals surface area contributed by atoms with Crippen LogP contribution in [0.1, 0.15) is 26.7 Å². The fourth-order valence-corrected chi connectivity index (χ4v) is 2.55. The van der Waals surface area contributed by atoms with Crippen LogP contribution in [0.3, 0.4) is 0 Å². The second-order valence-corrected chi connectivity index (χ2v) is 6.40. The molecule has 4 nitrogen and oxygen atoms in total. The summed E-state index contributed by atoms with van der Waals surface area (Å²) in [6.07, 6.45) is 2.33. The minimum absolute atomic E-state index is 0.290. The molecule has 0 aliphatic carbocycles. The Morgan fingerprint density at radius 2 is 2.06 bits per heavy atom. The van der Waals surface area contributed by atoms with Crippen molar-refractivity contribution in [2.24, 2.45) is 5.92 Å². The van der Waals surface area contributed by atoms with Crippen molar-refractivity contribution in [3.8, 4) is 0 Å². The van der Waals surface area contributed by atoms with Crippen LogP contribution in [0.2, 0.25) is 0 Å². The summed E-state index contributed by atoms with van der Waals surface area (Å²) in [7, 11) is -1.94. The Hall–Kier alpha value is -1.07. The Labute approximate surface area is 110 Å². The van der Waals surface area contributed by atoms with Crippen molar-refractivity contribution < 1.29 is 8.42 Å². The molecule has 0 amide bonds. The van der Waals surface area contributed by atoms with Crippen molar-refractivity contribution in [3.05, 3.63) is 24.3 Å². The SMILES string of the molecule is CCCC(C)CNc1cccc(S(=O)(=O)NC)c1. The third-order valence-electron chi connectivity index (χ3n) is 2.85. The largest absolute Gasteiger partial charge is 0.385 e. The Morgan fingerprint density at radius 3 is 2.67 bits per heavy atom. The van der Waals surface area contributed by atoms with E-state index < -0.39 is 10.0 Å². The van der Waals surface area contributed by atoms with E-state index in [1.54, 1.807) is 18.2 Å². The molecule has 0 spiro atoms. The first-order valence-electron chi connectivity index (χ1n) is 6.27. The highest BCUT2D eigenvalue weighted by Crippen LogP contribution is 2.16. The average Bonchev–Trinajstić information content (AvgIpc) is 2.37. The number of anilines is 1. The Bertz CT molecular complexity index is 472. The predicted molar refractivity (Wildman–Crippen MR) is 75.2 cm³/mol. The Morgan fingerprint density at radius 1 is 1.33 bits per heavy atom. The zero-order chi connectivity index (χ0) is 13.6. The molecule has 1 aromatic carbocycles. The summed E-state index contributed by atoms with van der Waals surface area (Å²) in [4.78, 5) is 0.290. The second-order valence-electron chi connectivity index (χ2n) is 4.51. The molecule has 0 aliphatic heterocycles. The van der Waals surface area contributed by atoms with Crippen LogP contribution in [0, 0.1) is 5.92 Å². The molecule has 102 valence electrons. The molecule has 0 bridgehead atoms. The van der Waals surface area contributed by atoms with Gasteiger partial charge in [-0.3, -0.25) is 0 Å². The van der Waals surface area contributed by atoms with Gasteiger partial charge in [0.05, 0.1) is 4.90 Å². The van der Waals surface area contributed by atoms with Gasteiger partial charge >= 0.3 is 0 Å². The highest BCUT2D eigenvalue weighted by atomic mass is 32.2. The zero-order valence-electron chi connectivity index (χ0n) is 11.2. The van der Waals surface area contributed by atoms with E-state index >= 15 is 0 Å². The molecule has 0 aliphatic rings. The highest BCUT2D eigenvalue weighted by Gasteiger charge is 2.11. The van der Waals surface area contributed by atoms with Crippen LogP contribution in [0.25, 0.3) is 0 Å². The maximum Gasteiger partial charge on any atom is 0.240 e. The van der Waals surface area contributed by atoms with Gasteiger partial charge in [0.15, 0.2) is 0 Å². The molecule has 0 fully saturated rings. The molecule has 0 aromatic heterocycles. The Balaban J connectivity index is 2.72. The van der Waals surface area contributed by atoms with Crippen molar-refractivity contribution in [2.45, 2.75) is 31.6 Å². The molecular formula is C13H22N2O2S. The number of benzene rings is 1. The lowest BCUT2D eigenvalue weighted by atomic mass is 10.1. The molecule has 0 heterocycles. The van der Waals surface area contributed by atoms with Crippen LogP contribution in [0.15, 0.2) is 29.2 Å². The summed E-state index contributed by atoms with van der Waals surface area (Å²) in [5, 5.41) is 3.27. The van der Waals surface area contributed by atoms with Crippen LogP contribution >= 0.6 is 0 Å².